The number of hydrogen-bond acceptors (Lipinski definition) is 6. The summed E-state index contributed by atoms with van der Waals surface area (Å²) in [4.78, 5) is 11.9. The van der Waals surface area contributed by atoms with Crippen LogP contribution in [0.2, 0.25) is 0 Å². The van der Waals surface area contributed by atoms with Crippen molar-refractivity contribution in [3.8, 4) is 0 Å². The average Bonchev–Trinajstić information content (AvgIpc) is 2.90. The molecular weight excluding hydrogens is 296 g/mol. The molecule has 112 valence electrons. The van der Waals surface area contributed by atoms with E-state index in [1.165, 1.54) is 31.3 Å². The van der Waals surface area contributed by atoms with Crippen LogP contribution in [-0.4, -0.2) is 26.6 Å². The fourth-order valence-corrected chi connectivity index (χ4v) is 2.39. The highest BCUT2D eigenvalue weighted by Gasteiger charge is 2.15. The lowest BCUT2D eigenvalue weighted by molar-refractivity contribution is 0.0437. The van der Waals surface area contributed by atoms with E-state index in [-0.39, 0.29) is 17.1 Å². The number of carbonyl (C=O) groups excluding carboxylic acids is 1. The first-order valence-corrected chi connectivity index (χ1v) is 7.53. The fourth-order valence-electron chi connectivity index (χ4n) is 1.61. The zero-order valence-electron chi connectivity index (χ0n) is 11.5. The summed E-state index contributed by atoms with van der Waals surface area (Å²) >= 11 is 0. The molecule has 0 amide bonds. The number of benzene rings is 1. The topological polar surface area (TPSA) is 98.5 Å². The number of ether oxygens (including phenoxy) is 1. The number of rotatable bonds is 5. The largest absolute Gasteiger partial charge is 0.454 e. The Kier molecular flexibility index (Phi) is 4.39. The lowest BCUT2D eigenvalue weighted by atomic mass is 10.2. The minimum atomic E-state index is -3.60. The van der Waals surface area contributed by atoms with Gasteiger partial charge in [-0.3, -0.25) is 0 Å². The second-order valence-electron chi connectivity index (χ2n) is 4.25. The van der Waals surface area contributed by atoms with Crippen molar-refractivity contribution in [2.75, 3.05) is 7.05 Å². The van der Waals surface area contributed by atoms with E-state index >= 15 is 0 Å². The highest BCUT2D eigenvalue weighted by molar-refractivity contribution is 7.89. The predicted molar refractivity (Wildman–Crippen MR) is 73.0 cm³/mol. The van der Waals surface area contributed by atoms with Crippen LogP contribution in [-0.2, 0) is 21.4 Å². The first kappa shape index (κ1) is 15.2. The zero-order chi connectivity index (χ0) is 15.5. The van der Waals surface area contributed by atoms with Crippen molar-refractivity contribution in [1.29, 1.82) is 0 Å². The third-order valence-corrected chi connectivity index (χ3v) is 4.08. The van der Waals surface area contributed by atoms with Crippen LogP contribution < -0.4 is 4.72 Å². The first-order valence-electron chi connectivity index (χ1n) is 6.05. The van der Waals surface area contributed by atoms with Crippen LogP contribution in [0.25, 0.3) is 0 Å². The molecule has 7 nitrogen and oxygen atoms in total. The number of aromatic nitrogens is 1. The molecule has 1 heterocycles. The number of aryl methyl sites for hydroxylation is 1. The summed E-state index contributed by atoms with van der Waals surface area (Å²) in [5, 5.41) is 3.67. The number of hydrogen-bond donors (Lipinski definition) is 1. The number of nitrogens with zero attached hydrogens (tertiary/aromatic N) is 1. The highest BCUT2D eigenvalue weighted by atomic mass is 32.2. The Bertz CT molecular complexity index is 751. The third-order valence-electron chi connectivity index (χ3n) is 2.67. The van der Waals surface area contributed by atoms with Gasteiger partial charge in [0.05, 0.1) is 16.2 Å². The van der Waals surface area contributed by atoms with Gasteiger partial charge in [0.2, 0.25) is 10.0 Å². The van der Waals surface area contributed by atoms with E-state index in [2.05, 4.69) is 9.88 Å². The summed E-state index contributed by atoms with van der Waals surface area (Å²) in [6.45, 7) is 1.68. The van der Waals surface area contributed by atoms with Crippen molar-refractivity contribution in [3.63, 3.8) is 0 Å². The Morgan fingerprint density at radius 2 is 2.14 bits per heavy atom. The molecule has 2 rings (SSSR count). The van der Waals surface area contributed by atoms with E-state index in [4.69, 9.17) is 9.26 Å². The molecule has 0 saturated carbocycles. The fraction of sp³-hybridized carbons (Fsp3) is 0.231. The van der Waals surface area contributed by atoms with Gasteiger partial charge in [-0.15, -0.1) is 0 Å². The van der Waals surface area contributed by atoms with Crippen molar-refractivity contribution in [1.82, 2.24) is 9.88 Å². The van der Waals surface area contributed by atoms with Crippen LogP contribution in [0.4, 0.5) is 0 Å². The number of nitrogens with one attached hydrogen (secondary N) is 1. The molecule has 8 heteroatoms. The van der Waals surface area contributed by atoms with Gasteiger partial charge in [0.15, 0.2) is 12.4 Å². The molecule has 0 spiro atoms. The smallest absolute Gasteiger partial charge is 0.338 e. The first-order chi connectivity index (χ1) is 9.92. The summed E-state index contributed by atoms with van der Waals surface area (Å²) in [5.41, 5.74) is 0.825. The summed E-state index contributed by atoms with van der Waals surface area (Å²) in [6, 6.07) is 7.24. The summed E-state index contributed by atoms with van der Waals surface area (Å²) in [6.07, 6.45) is 0. The van der Waals surface area contributed by atoms with Crippen LogP contribution in [0.15, 0.2) is 39.8 Å². The Morgan fingerprint density at radius 1 is 1.38 bits per heavy atom. The minimum Gasteiger partial charge on any atom is -0.454 e. The standard InChI is InChI=1S/C13H14N2O5S/c1-9-6-11(20-15-9)8-19-13(16)10-4-3-5-12(7-10)21(17,18)14-2/h3-7,14H,8H2,1-2H3. The second-order valence-corrected chi connectivity index (χ2v) is 6.13. The van der Waals surface area contributed by atoms with Gasteiger partial charge in [0, 0.05) is 6.07 Å². The molecule has 0 unspecified atom stereocenters. The molecule has 1 N–H and O–H groups in total. The molecule has 21 heavy (non-hydrogen) atoms. The zero-order valence-corrected chi connectivity index (χ0v) is 12.3. The Labute approximate surface area is 121 Å². The lowest BCUT2D eigenvalue weighted by Crippen LogP contribution is -2.19. The quantitative estimate of drug-likeness (QED) is 0.834. The molecule has 0 fully saturated rings. The van der Waals surface area contributed by atoms with E-state index in [0.717, 1.165) is 0 Å². The maximum atomic E-state index is 11.9. The van der Waals surface area contributed by atoms with Crippen molar-refractivity contribution >= 4 is 16.0 Å². The summed E-state index contributed by atoms with van der Waals surface area (Å²) in [5.74, 6) is -0.225. The maximum Gasteiger partial charge on any atom is 0.338 e. The minimum absolute atomic E-state index is 0.00467. The Morgan fingerprint density at radius 3 is 2.76 bits per heavy atom. The van der Waals surface area contributed by atoms with Crippen LogP contribution in [0.1, 0.15) is 21.8 Å². The predicted octanol–water partition coefficient (Wildman–Crippen LogP) is 1.25. The number of sulfonamides is 1. The molecule has 0 bridgehead atoms. The van der Waals surface area contributed by atoms with E-state index < -0.39 is 16.0 Å². The van der Waals surface area contributed by atoms with Gasteiger partial charge in [-0.1, -0.05) is 11.2 Å². The molecule has 2 aromatic rings. The van der Waals surface area contributed by atoms with E-state index in [1.807, 2.05) is 0 Å². The Hall–Kier alpha value is -2.19. The summed E-state index contributed by atoms with van der Waals surface area (Å²) < 4.78 is 35.5. The van der Waals surface area contributed by atoms with Crippen LogP contribution in [0.5, 0.6) is 0 Å². The monoisotopic (exact) mass is 310 g/mol. The Balaban J connectivity index is 2.11. The molecule has 0 aliphatic carbocycles. The number of carbonyl (C=O) groups is 1. The maximum absolute atomic E-state index is 11.9. The van der Waals surface area contributed by atoms with Crippen molar-refractivity contribution < 1.29 is 22.5 Å². The molecular formula is C13H14N2O5S. The molecule has 0 aliphatic rings. The molecule has 0 radical (unpaired) electrons. The van der Waals surface area contributed by atoms with Gasteiger partial charge in [-0.25, -0.2) is 17.9 Å². The van der Waals surface area contributed by atoms with E-state index in [1.54, 1.807) is 13.0 Å². The summed E-state index contributed by atoms with van der Waals surface area (Å²) in [7, 11) is -2.31. The van der Waals surface area contributed by atoms with Gasteiger partial charge in [-0.05, 0) is 32.2 Å². The lowest BCUT2D eigenvalue weighted by Gasteiger charge is -2.05. The molecule has 0 atom stereocenters. The van der Waals surface area contributed by atoms with Crippen molar-refractivity contribution in [2.45, 2.75) is 18.4 Å². The van der Waals surface area contributed by atoms with Crippen molar-refractivity contribution in [3.05, 3.63) is 47.3 Å². The molecule has 0 saturated heterocycles. The van der Waals surface area contributed by atoms with Gasteiger partial charge in [0.1, 0.15) is 0 Å². The van der Waals surface area contributed by atoms with Crippen molar-refractivity contribution in [2.24, 2.45) is 0 Å². The van der Waals surface area contributed by atoms with Gasteiger partial charge in [0.25, 0.3) is 0 Å². The van der Waals surface area contributed by atoms with Gasteiger partial charge < -0.3 is 9.26 Å². The van der Waals surface area contributed by atoms with Crippen LogP contribution in [0.3, 0.4) is 0 Å². The molecule has 1 aromatic heterocycles. The van der Waals surface area contributed by atoms with E-state index in [9.17, 15) is 13.2 Å². The highest BCUT2D eigenvalue weighted by Crippen LogP contribution is 2.13. The van der Waals surface area contributed by atoms with Crippen LogP contribution in [0, 0.1) is 6.92 Å². The van der Waals surface area contributed by atoms with Crippen LogP contribution >= 0.6 is 0 Å². The normalized spacial score (nSPS) is 11.3. The molecule has 0 aliphatic heterocycles. The third kappa shape index (κ3) is 3.67. The van der Waals surface area contributed by atoms with Gasteiger partial charge >= 0.3 is 5.97 Å². The van der Waals surface area contributed by atoms with Gasteiger partial charge in [-0.2, -0.15) is 0 Å². The SMILES string of the molecule is CNS(=O)(=O)c1cccc(C(=O)OCc2cc(C)no2)c1. The number of esters is 1. The second kappa shape index (κ2) is 6.06. The molecule has 1 aromatic carbocycles. The van der Waals surface area contributed by atoms with E-state index in [0.29, 0.717) is 11.5 Å². The average molecular weight is 310 g/mol.